The van der Waals surface area contributed by atoms with Crippen LogP contribution in [0.4, 0.5) is 4.39 Å². The highest BCUT2D eigenvalue weighted by atomic mass is 19.1. The summed E-state index contributed by atoms with van der Waals surface area (Å²) in [7, 11) is 5.73. The molecule has 6 heteroatoms. The Hall–Kier alpha value is -2.34. The van der Waals surface area contributed by atoms with Crippen LogP contribution < -0.4 is 10.6 Å². The molecule has 2 N–H and O–H groups in total. The zero-order valence-electron chi connectivity index (χ0n) is 13.7. The van der Waals surface area contributed by atoms with Crippen LogP contribution in [-0.4, -0.2) is 38.5 Å². The van der Waals surface area contributed by atoms with E-state index in [2.05, 4.69) is 20.5 Å². The zero-order valence-corrected chi connectivity index (χ0v) is 13.7. The molecule has 0 bridgehead atoms. The van der Waals surface area contributed by atoms with Crippen molar-refractivity contribution in [1.29, 1.82) is 0 Å². The van der Waals surface area contributed by atoms with E-state index in [-0.39, 0.29) is 11.9 Å². The molecule has 124 valence electrons. The van der Waals surface area contributed by atoms with Gasteiger partial charge in [0.25, 0.3) is 0 Å². The highest BCUT2D eigenvalue weighted by Gasteiger charge is 2.17. The first-order chi connectivity index (χ1) is 11.1. The number of nitrogens with zero attached hydrogens (tertiary/aromatic N) is 2. The van der Waals surface area contributed by atoms with Crippen molar-refractivity contribution in [1.82, 2.24) is 15.5 Å². The summed E-state index contributed by atoms with van der Waals surface area (Å²) in [6.45, 7) is 1.23. The lowest BCUT2D eigenvalue weighted by Crippen LogP contribution is -2.41. The van der Waals surface area contributed by atoms with Crippen LogP contribution in [0.25, 0.3) is 0 Å². The van der Waals surface area contributed by atoms with E-state index < -0.39 is 0 Å². The maximum atomic E-state index is 12.9. The molecule has 1 atom stereocenters. The van der Waals surface area contributed by atoms with Gasteiger partial charge in [-0.3, -0.25) is 9.89 Å². The first kappa shape index (κ1) is 17.0. The maximum absolute atomic E-state index is 12.9. The second kappa shape index (κ2) is 8.33. The van der Waals surface area contributed by atoms with Gasteiger partial charge in [-0.2, -0.15) is 0 Å². The van der Waals surface area contributed by atoms with Crippen LogP contribution in [0.15, 0.2) is 52.1 Å². The van der Waals surface area contributed by atoms with Gasteiger partial charge in [0.15, 0.2) is 5.96 Å². The predicted octanol–water partition coefficient (Wildman–Crippen LogP) is 2.39. The van der Waals surface area contributed by atoms with Gasteiger partial charge in [0, 0.05) is 20.1 Å². The fraction of sp³-hybridized carbons (Fsp3) is 0.353. The van der Waals surface area contributed by atoms with Gasteiger partial charge in [-0.25, -0.2) is 4.39 Å². The number of nitrogens with one attached hydrogen (secondary N) is 2. The van der Waals surface area contributed by atoms with Crippen LogP contribution >= 0.6 is 0 Å². The number of hydrogen-bond donors (Lipinski definition) is 2. The number of benzene rings is 1. The highest BCUT2D eigenvalue weighted by Crippen LogP contribution is 2.17. The fourth-order valence-electron chi connectivity index (χ4n) is 2.22. The second-order valence-corrected chi connectivity index (χ2v) is 5.43. The lowest BCUT2D eigenvalue weighted by Gasteiger charge is -2.23. The van der Waals surface area contributed by atoms with Crippen molar-refractivity contribution >= 4 is 5.96 Å². The topological polar surface area (TPSA) is 52.8 Å². The molecule has 0 aliphatic carbocycles. The van der Waals surface area contributed by atoms with E-state index in [1.54, 1.807) is 25.4 Å². The van der Waals surface area contributed by atoms with Crippen molar-refractivity contribution in [2.24, 2.45) is 4.99 Å². The SMILES string of the molecule is CN=C(NCc1ccc(F)cc1)NCC(c1ccco1)N(C)C. The Morgan fingerprint density at radius 2 is 1.96 bits per heavy atom. The Bertz CT molecular complexity index is 608. The van der Waals surface area contributed by atoms with E-state index in [1.807, 2.05) is 26.2 Å². The van der Waals surface area contributed by atoms with Crippen LogP contribution in [0.1, 0.15) is 17.4 Å². The summed E-state index contributed by atoms with van der Waals surface area (Å²) in [6.07, 6.45) is 1.67. The van der Waals surface area contributed by atoms with E-state index in [9.17, 15) is 4.39 Å². The molecule has 0 saturated heterocycles. The summed E-state index contributed by atoms with van der Waals surface area (Å²) < 4.78 is 18.4. The largest absolute Gasteiger partial charge is 0.468 e. The number of aliphatic imine (C=N–C) groups is 1. The summed E-state index contributed by atoms with van der Waals surface area (Å²) in [4.78, 5) is 6.29. The molecule has 1 heterocycles. The summed E-state index contributed by atoms with van der Waals surface area (Å²) >= 11 is 0. The van der Waals surface area contributed by atoms with Crippen molar-refractivity contribution in [2.45, 2.75) is 12.6 Å². The Labute approximate surface area is 136 Å². The van der Waals surface area contributed by atoms with E-state index >= 15 is 0 Å². The van der Waals surface area contributed by atoms with Gasteiger partial charge in [0.1, 0.15) is 11.6 Å². The van der Waals surface area contributed by atoms with E-state index in [4.69, 9.17) is 4.42 Å². The molecule has 1 unspecified atom stereocenters. The minimum absolute atomic E-state index is 0.106. The predicted molar refractivity (Wildman–Crippen MR) is 89.7 cm³/mol. The third kappa shape index (κ3) is 5.10. The normalized spacial score (nSPS) is 13.2. The van der Waals surface area contributed by atoms with Gasteiger partial charge in [-0.15, -0.1) is 0 Å². The van der Waals surface area contributed by atoms with Crippen LogP contribution in [0.5, 0.6) is 0 Å². The second-order valence-electron chi connectivity index (χ2n) is 5.43. The van der Waals surface area contributed by atoms with E-state index in [1.165, 1.54) is 12.1 Å². The first-order valence-corrected chi connectivity index (χ1v) is 7.49. The molecule has 0 aliphatic rings. The summed E-state index contributed by atoms with van der Waals surface area (Å²) in [5, 5.41) is 6.50. The lowest BCUT2D eigenvalue weighted by atomic mass is 10.2. The smallest absolute Gasteiger partial charge is 0.191 e. The summed E-state index contributed by atoms with van der Waals surface area (Å²) in [6, 6.07) is 10.4. The van der Waals surface area contributed by atoms with Gasteiger partial charge in [-0.05, 0) is 43.9 Å². The average Bonchev–Trinajstić information content (AvgIpc) is 3.06. The van der Waals surface area contributed by atoms with Gasteiger partial charge < -0.3 is 15.1 Å². The number of likely N-dealkylation sites (N-methyl/N-ethyl adjacent to an activating group) is 1. The lowest BCUT2D eigenvalue weighted by molar-refractivity contribution is 0.258. The Balaban J connectivity index is 1.88. The molecule has 0 fully saturated rings. The van der Waals surface area contributed by atoms with E-state index in [0.29, 0.717) is 19.0 Å². The standard InChI is InChI=1S/C17H23FN4O/c1-19-17(20-11-13-6-8-14(18)9-7-13)21-12-15(22(2)3)16-5-4-10-23-16/h4-10,15H,11-12H2,1-3H3,(H2,19,20,21). The molecule has 2 rings (SSSR count). The molecular weight excluding hydrogens is 295 g/mol. The fourth-order valence-corrected chi connectivity index (χ4v) is 2.22. The number of hydrogen-bond acceptors (Lipinski definition) is 3. The van der Waals surface area contributed by atoms with Gasteiger partial charge >= 0.3 is 0 Å². The molecule has 1 aromatic heterocycles. The van der Waals surface area contributed by atoms with Crippen molar-refractivity contribution in [2.75, 3.05) is 27.7 Å². The summed E-state index contributed by atoms with van der Waals surface area (Å²) in [5.74, 6) is 1.35. The Kier molecular flexibility index (Phi) is 6.17. The minimum Gasteiger partial charge on any atom is -0.468 e. The van der Waals surface area contributed by atoms with Crippen LogP contribution in [0.2, 0.25) is 0 Å². The van der Waals surface area contributed by atoms with Crippen molar-refractivity contribution in [3.05, 3.63) is 59.8 Å². The van der Waals surface area contributed by atoms with Crippen molar-refractivity contribution in [3.63, 3.8) is 0 Å². The monoisotopic (exact) mass is 318 g/mol. The molecule has 0 amide bonds. The summed E-state index contributed by atoms with van der Waals surface area (Å²) in [5.41, 5.74) is 0.990. The maximum Gasteiger partial charge on any atom is 0.191 e. The van der Waals surface area contributed by atoms with E-state index in [0.717, 1.165) is 11.3 Å². The van der Waals surface area contributed by atoms with Gasteiger partial charge in [0.05, 0.1) is 12.3 Å². The molecule has 0 saturated carbocycles. The third-order valence-electron chi connectivity index (χ3n) is 3.55. The van der Waals surface area contributed by atoms with Crippen molar-refractivity contribution < 1.29 is 8.81 Å². The molecule has 2 aromatic rings. The molecule has 0 radical (unpaired) electrons. The average molecular weight is 318 g/mol. The molecule has 1 aromatic carbocycles. The van der Waals surface area contributed by atoms with Crippen molar-refractivity contribution in [3.8, 4) is 0 Å². The first-order valence-electron chi connectivity index (χ1n) is 7.49. The molecule has 23 heavy (non-hydrogen) atoms. The minimum atomic E-state index is -0.233. The molecule has 5 nitrogen and oxygen atoms in total. The highest BCUT2D eigenvalue weighted by molar-refractivity contribution is 5.79. The molecule has 0 spiro atoms. The quantitative estimate of drug-likeness (QED) is 0.634. The molecule has 0 aliphatic heterocycles. The van der Waals surface area contributed by atoms with Crippen LogP contribution in [0.3, 0.4) is 0 Å². The van der Waals surface area contributed by atoms with Crippen LogP contribution in [-0.2, 0) is 6.54 Å². The number of halogens is 1. The third-order valence-corrected chi connectivity index (χ3v) is 3.55. The Morgan fingerprint density at radius 1 is 1.22 bits per heavy atom. The van der Waals surface area contributed by atoms with Crippen LogP contribution in [0, 0.1) is 5.82 Å². The number of guanidine groups is 1. The van der Waals surface area contributed by atoms with Gasteiger partial charge in [0.2, 0.25) is 0 Å². The van der Waals surface area contributed by atoms with Gasteiger partial charge in [-0.1, -0.05) is 12.1 Å². The zero-order chi connectivity index (χ0) is 16.7. The molecular formula is C17H23FN4O. The number of furan rings is 1. The number of rotatable bonds is 6. The Morgan fingerprint density at radius 3 is 2.52 bits per heavy atom.